The van der Waals surface area contributed by atoms with Crippen LogP contribution in [0, 0.1) is 6.92 Å². The number of ether oxygens (including phenoxy) is 2. The second-order valence-electron chi connectivity index (χ2n) is 5.80. The molecule has 1 aromatic heterocycles. The molecule has 0 unspecified atom stereocenters. The molecule has 2 aromatic rings. The fraction of sp³-hybridized carbons (Fsp3) is 0.471. The molecule has 3 rings (SSSR count). The molecule has 0 fully saturated rings. The van der Waals surface area contributed by atoms with Crippen molar-refractivity contribution < 1.29 is 9.47 Å². The Hall–Kier alpha value is -2.01. The molecule has 1 N–H and O–H groups in total. The third-order valence-electron chi connectivity index (χ3n) is 3.87. The summed E-state index contributed by atoms with van der Waals surface area (Å²) in [5, 5.41) is 0. The molecular weight excluding hydrogens is 278 g/mol. The first-order chi connectivity index (χ1) is 10.7. The van der Waals surface area contributed by atoms with E-state index in [0.717, 1.165) is 48.2 Å². The standard InChI is InChI=1S/C17H23N3O2/c1-4-17-18-12(2)14(19-17)10-20(3)9-13-11-21-15-7-5-6-8-16(15)22-13/h5-8,13H,4,9-11H2,1-3H3,(H,18,19)/t13-/m0/s1. The van der Waals surface area contributed by atoms with Crippen LogP contribution in [-0.2, 0) is 13.0 Å². The van der Waals surface area contributed by atoms with Gasteiger partial charge in [-0.25, -0.2) is 4.98 Å². The van der Waals surface area contributed by atoms with Crippen molar-refractivity contribution in [2.75, 3.05) is 20.2 Å². The average molecular weight is 301 g/mol. The molecule has 0 spiro atoms. The van der Waals surface area contributed by atoms with Crippen molar-refractivity contribution in [1.82, 2.24) is 14.9 Å². The molecule has 118 valence electrons. The largest absolute Gasteiger partial charge is 0.486 e. The van der Waals surface area contributed by atoms with Gasteiger partial charge < -0.3 is 14.5 Å². The molecule has 0 saturated heterocycles. The van der Waals surface area contributed by atoms with E-state index in [-0.39, 0.29) is 6.10 Å². The van der Waals surface area contributed by atoms with Gasteiger partial charge in [0.05, 0.1) is 5.69 Å². The zero-order chi connectivity index (χ0) is 15.5. The lowest BCUT2D eigenvalue weighted by Crippen LogP contribution is -2.39. The first-order valence-corrected chi connectivity index (χ1v) is 7.77. The van der Waals surface area contributed by atoms with Crippen molar-refractivity contribution in [1.29, 1.82) is 0 Å². The van der Waals surface area contributed by atoms with Crippen molar-refractivity contribution in [3.05, 3.63) is 41.5 Å². The van der Waals surface area contributed by atoms with Crippen molar-refractivity contribution >= 4 is 0 Å². The van der Waals surface area contributed by atoms with Crippen LogP contribution in [0.2, 0.25) is 0 Å². The smallest absolute Gasteiger partial charge is 0.161 e. The van der Waals surface area contributed by atoms with Gasteiger partial charge in [0, 0.05) is 25.2 Å². The van der Waals surface area contributed by atoms with E-state index in [4.69, 9.17) is 9.47 Å². The van der Waals surface area contributed by atoms with Crippen LogP contribution in [0.25, 0.3) is 0 Å². The normalized spacial score (nSPS) is 17.0. The van der Waals surface area contributed by atoms with Crippen molar-refractivity contribution in [2.45, 2.75) is 32.9 Å². The Kier molecular flexibility index (Phi) is 4.34. The van der Waals surface area contributed by atoms with Gasteiger partial charge in [-0.15, -0.1) is 0 Å². The molecule has 5 heteroatoms. The molecule has 0 bridgehead atoms. The van der Waals surface area contributed by atoms with Crippen molar-refractivity contribution in [3.8, 4) is 11.5 Å². The zero-order valence-corrected chi connectivity index (χ0v) is 13.4. The summed E-state index contributed by atoms with van der Waals surface area (Å²) < 4.78 is 11.8. The number of rotatable bonds is 5. The summed E-state index contributed by atoms with van der Waals surface area (Å²) >= 11 is 0. The van der Waals surface area contributed by atoms with E-state index in [2.05, 4.69) is 35.8 Å². The second kappa shape index (κ2) is 6.40. The number of para-hydroxylation sites is 2. The van der Waals surface area contributed by atoms with Gasteiger partial charge in [0.2, 0.25) is 0 Å². The summed E-state index contributed by atoms with van der Waals surface area (Å²) in [6.45, 7) is 6.38. The molecule has 0 aliphatic carbocycles. The van der Waals surface area contributed by atoms with Crippen LogP contribution in [0.15, 0.2) is 24.3 Å². The number of aromatic amines is 1. The number of nitrogens with one attached hydrogen (secondary N) is 1. The zero-order valence-electron chi connectivity index (χ0n) is 13.4. The van der Waals surface area contributed by atoms with Crippen LogP contribution in [0.4, 0.5) is 0 Å². The molecule has 1 aliphatic rings. The van der Waals surface area contributed by atoms with E-state index in [0.29, 0.717) is 6.61 Å². The van der Waals surface area contributed by atoms with E-state index >= 15 is 0 Å². The maximum Gasteiger partial charge on any atom is 0.161 e. The van der Waals surface area contributed by atoms with Gasteiger partial charge in [-0.3, -0.25) is 4.90 Å². The van der Waals surface area contributed by atoms with Gasteiger partial charge in [0.1, 0.15) is 18.5 Å². The molecule has 1 aliphatic heterocycles. The summed E-state index contributed by atoms with van der Waals surface area (Å²) in [6, 6.07) is 7.81. The number of nitrogens with zero attached hydrogens (tertiary/aromatic N) is 2. The van der Waals surface area contributed by atoms with Gasteiger partial charge >= 0.3 is 0 Å². The lowest BCUT2D eigenvalue weighted by molar-refractivity contribution is 0.0635. The minimum atomic E-state index is 0.0461. The number of aryl methyl sites for hydroxylation is 2. The van der Waals surface area contributed by atoms with Gasteiger partial charge in [-0.1, -0.05) is 19.1 Å². The van der Waals surface area contributed by atoms with E-state index in [9.17, 15) is 0 Å². The SMILES string of the molecule is CCc1nc(CN(C)C[C@H]2COc3ccccc3O2)c(C)[nH]1. The predicted molar refractivity (Wildman–Crippen MR) is 85.4 cm³/mol. The molecular formula is C17H23N3O2. The monoisotopic (exact) mass is 301 g/mol. The van der Waals surface area contributed by atoms with Crippen LogP contribution < -0.4 is 9.47 Å². The first-order valence-electron chi connectivity index (χ1n) is 7.77. The van der Waals surface area contributed by atoms with E-state index < -0.39 is 0 Å². The van der Waals surface area contributed by atoms with Gasteiger partial charge in [0.25, 0.3) is 0 Å². The Balaban J connectivity index is 1.58. The number of fused-ring (bicyclic) bond motifs is 1. The molecule has 0 saturated carbocycles. The van der Waals surface area contributed by atoms with Crippen molar-refractivity contribution in [3.63, 3.8) is 0 Å². The number of H-pyrrole nitrogens is 1. The van der Waals surface area contributed by atoms with Gasteiger partial charge in [-0.05, 0) is 26.1 Å². The summed E-state index contributed by atoms with van der Waals surface area (Å²) in [6.07, 6.45) is 0.978. The predicted octanol–water partition coefficient (Wildman–Crippen LogP) is 2.55. The highest BCUT2D eigenvalue weighted by Gasteiger charge is 2.22. The lowest BCUT2D eigenvalue weighted by atomic mass is 10.2. The van der Waals surface area contributed by atoms with Crippen LogP contribution in [0.5, 0.6) is 11.5 Å². The highest BCUT2D eigenvalue weighted by atomic mass is 16.6. The molecule has 1 atom stereocenters. The highest BCUT2D eigenvalue weighted by Crippen LogP contribution is 2.31. The Morgan fingerprint density at radius 3 is 2.82 bits per heavy atom. The van der Waals surface area contributed by atoms with Crippen molar-refractivity contribution in [2.24, 2.45) is 0 Å². The summed E-state index contributed by atoms with van der Waals surface area (Å²) in [4.78, 5) is 10.2. The highest BCUT2D eigenvalue weighted by molar-refractivity contribution is 5.40. The third-order valence-corrected chi connectivity index (χ3v) is 3.87. The fourth-order valence-electron chi connectivity index (χ4n) is 2.71. The maximum atomic E-state index is 6.00. The summed E-state index contributed by atoms with van der Waals surface area (Å²) in [7, 11) is 2.09. The number of imidazole rings is 1. The van der Waals surface area contributed by atoms with Gasteiger partial charge in [-0.2, -0.15) is 0 Å². The molecule has 0 radical (unpaired) electrons. The molecule has 1 aromatic carbocycles. The van der Waals surface area contributed by atoms with Crippen LogP contribution in [0.3, 0.4) is 0 Å². The first kappa shape index (κ1) is 14.9. The molecule has 2 heterocycles. The number of benzene rings is 1. The number of likely N-dealkylation sites (N-methyl/N-ethyl adjacent to an activating group) is 1. The third kappa shape index (κ3) is 3.25. The van der Waals surface area contributed by atoms with Gasteiger partial charge in [0.15, 0.2) is 11.5 Å². The minimum absolute atomic E-state index is 0.0461. The fourth-order valence-corrected chi connectivity index (χ4v) is 2.71. The minimum Gasteiger partial charge on any atom is -0.486 e. The second-order valence-corrected chi connectivity index (χ2v) is 5.80. The number of hydrogen-bond donors (Lipinski definition) is 1. The van der Waals surface area contributed by atoms with E-state index in [1.165, 1.54) is 0 Å². The summed E-state index contributed by atoms with van der Waals surface area (Å²) in [5.74, 6) is 2.71. The molecule has 5 nitrogen and oxygen atoms in total. The topological polar surface area (TPSA) is 50.4 Å². The Bertz CT molecular complexity index is 639. The summed E-state index contributed by atoms with van der Waals surface area (Å²) in [5.41, 5.74) is 2.26. The van der Waals surface area contributed by atoms with E-state index in [1.54, 1.807) is 0 Å². The van der Waals surface area contributed by atoms with Crippen LogP contribution in [0.1, 0.15) is 24.1 Å². The Morgan fingerprint density at radius 1 is 1.32 bits per heavy atom. The van der Waals surface area contributed by atoms with Crippen LogP contribution in [-0.4, -0.2) is 41.2 Å². The Morgan fingerprint density at radius 2 is 2.09 bits per heavy atom. The van der Waals surface area contributed by atoms with E-state index in [1.807, 2.05) is 24.3 Å². The quantitative estimate of drug-likeness (QED) is 0.922. The molecule has 22 heavy (non-hydrogen) atoms. The Labute approximate surface area is 131 Å². The van der Waals surface area contributed by atoms with Crippen LogP contribution >= 0.6 is 0 Å². The average Bonchev–Trinajstić information content (AvgIpc) is 2.87. The number of aromatic nitrogens is 2. The maximum absolute atomic E-state index is 6.00. The number of hydrogen-bond acceptors (Lipinski definition) is 4. The molecule has 0 amide bonds. The lowest BCUT2D eigenvalue weighted by Gasteiger charge is -2.29.